The number of ether oxygens (including phenoxy) is 5. The summed E-state index contributed by atoms with van der Waals surface area (Å²) in [4.78, 5) is 11.3. The summed E-state index contributed by atoms with van der Waals surface area (Å²) in [5.41, 5.74) is 1.02. The van der Waals surface area contributed by atoms with E-state index in [1.165, 1.54) is 14.0 Å². The third kappa shape index (κ3) is 5.62. The van der Waals surface area contributed by atoms with E-state index >= 15 is 0 Å². The van der Waals surface area contributed by atoms with E-state index in [1.54, 1.807) is 6.08 Å². The number of carbonyl (C=O) groups excluding carboxylic acids is 1. The smallest absolute Gasteiger partial charge is 0.303 e. The Morgan fingerprint density at radius 1 is 1.27 bits per heavy atom. The first-order valence-corrected chi connectivity index (χ1v) is 8.44. The van der Waals surface area contributed by atoms with Gasteiger partial charge in [-0.1, -0.05) is 36.4 Å². The van der Waals surface area contributed by atoms with Crippen LogP contribution >= 0.6 is 0 Å². The number of methoxy groups -OCH3 is 1. The molecule has 0 radical (unpaired) electrons. The molecule has 2 rings (SSSR count). The molecular weight excluding hydrogens is 340 g/mol. The van der Waals surface area contributed by atoms with Crippen LogP contribution < -0.4 is 0 Å². The molecule has 0 unspecified atom stereocenters. The Bertz CT molecular complexity index is 562. The first kappa shape index (κ1) is 20.5. The summed E-state index contributed by atoms with van der Waals surface area (Å²) >= 11 is 0. The Kier molecular flexibility index (Phi) is 8.21. The zero-order chi connectivity index (χ0) is 18.9. The van der Waals surface area contributed by atoms with Crippen LogP contribution in [0.1, 0.15) is 12.5 Å². The van der Waals surface area contributed by atoms with Crippen molar-refractivity contribution >= 4 is 5.97 Å². The third-order valence-corrected chi connectivity index (χ3v) is 3.98. The number of aliphatic hydroxyl groups excluding tert-OH is 1. The Labute approximate surface area is 153 Å². The van der Waals surface area contributed by atoms with Gasteiger partial charge in [-0.25, -0.2) is 0 Å². The van der Waals surface area contributed by atoms with E-state index in [2.05, 4.69) is 6.58 Å². The molecule has 1 saturated heterocycles. The minimum Gasteiger partial charge on any atom is -0.454 e. The molecule has 1 aromatic rings. The molecule has 5 atom stereocenters. The maximum Gasteiger partial charge on any atom is 0.303 e. The van der Waals surface area contributed by atoms with Gasteiger partial charge in [0.1, 0.15) is 18.3 Å². The monoisotopic (exact) mass is 366 g/mol. The van der Waals surface area contributed by atoms with E-state index in [1.807, 2.05) is 30.3 Å². The summed E-state index contributed by atoms with van der Waals surface area (Å²) in [6, 6.07) is 9.70. The van der Waals surface area contributed by atoms with Crippen LogP contribution in [0.4, 0.5) is 0 Å². The average molecular weight is 366 g/mol. The zero-order valence-corrected chi connectivity index (χ0v) is 15.1. The minimum atomic E-state index is -1.34. The average Bonchev–Trinajstić information content (AvgIpc) is 2.63. The van der Waals surface area contributed by atoms with Crippen LogP contribution in [0.5, 0.6) is 0 Å². The lowest BCUT2D eigenvalue weighted by Gasteiger charge is -2.43. The highest BCUT2D eigenvalue weighted by atomic mass is 16.7. The molecule has 1 N–H and O–H groups in total. The molecule has 0 aliphatic carbocycles. The quantitative estimate of drug-likeness (QED) is 0.523. The number of hydrogen-bond donors (Lipinski definition) is 1. The topological polar surface area (TPSA) is 83.5 Å². The van der Waals surface area contributed by atoms with Gasteiger partial charge in [0.2, 0.25) is 0 Å². The highest BCUT2D eigenvalue weighted by molar-refractivity contribution is 5.66. The van der Waals surface area contributed by atoms with Crippen molar-refractivity contribution in [1.82, 2.24) is 0 Å². The molecule has 7 nitrogen and oxygen atoms in total. The Morgan fingerprint density at radius 2 is 2.00 bits per heavy atom. The van der Waals surface area contributed by atoms with Crippen LogP contribution in [0.3, 0.4) is 0 Å². The summed E-state index contributed by atoms with van der Waals surface area (Å²) < 4.78 is 27.7. The van der Waals surface area contributed by atoms with E-state index in [0.29, 0.717) is 6.61 Å². The lowest BCUT2D eigenvalue weighted by molar-refractivity contribution is -0.302. The number of esters is 1. The SMILES string of the molecule is C=CCO[C@H]1[C@H](OC)[C@@H](OC(C)=O)[C@@H](O)O[C@@H]1COCc1ccccc1. The summed E-state index contributed by atoms with van der Waals surface area (Å²) in [7, 11) is 1.46. The summed E-state index contributed by atoms with van der Waals surface area (Å²) in [5.74, 6) is -0.541. The molecule has 7 heteroatoms. The van der Waals surface area contributed by atoms with E-state index < -0.39 is 36.7 Å². The van der Waals surface area contributed by atoms with Crippen molar-refractivity contribution in [2.24, 2.45) is 0 Å². The van der Waals surface area contributed by atoms with Gasteiger partial charge in [-0.2, -0.15) is 0 Å². The highest BCUT2D eigenvalue weighted by Gasteiger charge is 2.48. The highest BCUT2D eigenvalue weighted by Crippen LogP contribution is 2.27. The van der Waals surface area contributed by atoms with Gasteiger partial charge in [-0.15, -0.1) is 6.58 Å². The van der Waals surface area contributed by atoms with E-state index in [0.717, 1.165) is 5.56 Å². The van der Waals surface area contributed by atoms with Gasteiger partial charge in [0.25, 0.3) is 0 Å². The molecule has 0 amide bonds. The number of benzene rings is 1. The molecular formula is C19H26O7. The number of aliphatic hydroxyl groups is 1. The van der Waals surface area contributed by atoms with Crippen LogP contribution in [0.2, 0.25) is 0 Å². The first-order valence-electron chi connectivity index (χ1n) is 8.44. The lowest BCUT2D eigenvalue weighted by atomic mass is 9.98. The van der Waals surface area contributed by atoms with Crippen molar-refractivity contribution in [2.75, 3.05) is 20.3 Å². The molecule has 0 spiro atoms. The second-order valence-corrected chi connectivity index (χ2v) is 5.93. The van der Waals surface area contributed by atoms with E-state index in [4.69, 9.17) is 23.7 Å². The number of hydrogen-bond acceptors (Lipinski definition) is 7. The second kappa shape index (κ2) is 10.4. The van der Waals surface area contributed by atoms with Crippen molar-refractivity contribution in [3.63, 3.8) is 0 Å². The molecule has 1 heterocycles. The maximum atomic E-state index is 11.3. The van der Waals surface area contributed by atoms with Crippen molar-refractivity contribution < 1.29 is 33.6 Å². The molecule has 0 saturated carbocycles. The molecule has 0 bridgehead atoms. The predicted octanol–water partition coefficient (Wildman–Crippen LogP) is 1.44. The first-order chi connectivity index (χ1) is 12.6. The third-order valence-electron chi connectivity index (χ3n) is 3.98. The zero-order valence-electron chi connectivity index (χ0n) is 15.1. The lowest BCUT2D eigenvalue weighted by Crippen LogP contribution is -2.61. The largest absolute Gasteiger partial charge is 0.454 e. The molecule has 1 aliphatic heterocycles. The van der Waals surface area contributed by atoms with Gasteiger partial charge in [0.05, 0.1) is 19.8 Å². The van der Waals surface area contributed by atoms with Gasteiger partial charge < -0.3 is 28.8 Å². The normalized spacial score (nSPS) is 28.5. The Hall–Kier alpha value is -1.77. The fourth-order valence-corrected chi connectivity index (χ4v) is 2.86. The molecule has 144 valence electrons. The Balaban J connectivity index is 2.04. The van der Waals surface area contributed by atoms with Gasteiger partial charge in [-0.05, 0) is 5.56 Å². The van der Waals surface area contributed by atoms with Crippen LogP contribution in [0, 0.1) is 0 Å². The fraction of sp³-hybridized carbons (Fsp3) is 0.526. The van der Waals surface area contributed by atoms with E-state index in [-0.39, 0.29) is 13.2 Å². The molecule has 0 aromatic heterocycles. The van der Waals surface area contributed by atoms with Crippen molar-refractivity contribution in [1.29, 1.82) is 0 Å². The number of carbonyl (C=O) groups is 1. The van der Waals surface area contributed by atoms with E-state index in [9.17, 15) is 9.90 Å². The van der Waals surface area contributed by atoms with Gasteiger partial charge >= 0.3 is 5.97 Å². The minimum absolute atomic E-state index is 0.181. The number of rotatable bonds is 9. The van der Waals surface area contributed by atoms with Crippen LogP contribution in [0.15, 0.2) is 43.0 Å². The second-order valence-electron chi connectivity index (χ2n) is 5.93. The van der Waals surface area contributed by atoms with Gasteiger partial charge in [0.15, 0.2) is 12.4 Å². The predicted molar refractivity (Wildman–Crippen MR) is 93.3 cm³/mol. The Morgan fingerprint density at radius 3 is 2.62 bits per heavy atom. The van der Waals surface area contributed by atoms with Crippen LogP contribution in [-0.4, -0.2) is 62.1 Å². The van der Waals surface area contributed by atoms with Crippen LogP contribution in [0.25, 0.3) is 0 Å². The summed E-state index contributed by atoms with van der Waals surface area (Å²) in [6.07, 6.45) is -2.61. The molecule has 1 aromatic carbocycles. The fourth-order valence-electron chi connectivity index (χ4n) is 2.86. The van der Waals surface area contributed by atoms with Gasteiger partial charge in [-0.3, -0.25) is 4.79 Å². The molecule has 1 fully saturated rings. The van der Waals surface area contributed by atoms with Crippen LogP contribution in [-0.2, 0) is 35.1 Å². The maximum absolute atomic E-state index is 11.3. The summed E-state index contributed by atoms with van der Waals surface area (Å²) in [5, 5.41) is 10.2. The van der Waals surface area contributed by atoms with Crippen molar-refractivity contribution in [3.8, 4) is 0 Å². The molecule has 26 heavy (non-hydrogen) atoms. The molecule has 1 aliphatic rings. The van der Waals surface area contributed by atoms with Gasteiger partial charge in [0, 0.05) is 14.0 Å². The van der Waals surface area contributed by atoms with Crippen molar-refractivity contribution in [2.45, 2.75) is 44.2 Å². The standard InChI is InChI=1S/C19H26O7/c1-4-10-24-16-15(12-23-11-14-8-6-5-7-9-14)26-19(21)18(17(16)22-3)25-13(2)20/h4-9,15-19,21H,1,10-12H2,2-3H3/t15-,16-,17+,18-,19+/m1/s1. The van der Waals surface area contributed by atoms with Crippen molar-refractivity contribution in [3.05, 3.63) is 48.6 Å². The summed E-state index contributed by atoms with van der Waals surface area (Å²) in [6.45, 7) is 5.73.